The van der Waals surface area contributed by atoms with Crippen LogP contribution >= 0.6 is 12.2 Å². The van der Waals surface area contributed by atoms with Crippen LogP contribution in [0.1, 0.15) is 62.6 Å². The number of amides is 1. The first-order chi connectivity index (χ1) is 20.2. The lowest BCUT2D eigenvalue weighted by molar-refractivity contribution is -0.116. The number of aryl methyl sites for hydroxylation is 3. The monoisotopic (exact) mass is 581 g/mol. The molecule has 1 aliphatic heterocycles. The first kappa shape index (κ1) is 29.0. The summed E-state index contributed by atoms with van der Waals surface area (Å²) in [5.41, 5.74) is 8.41. The third kappa shape index (κ3) is 5.78. The van der Waals surface area contributed by atoms with Gasteiger partial charge in [0, 0.05) is 41.9 Å². The highest BCUT2D eigenvalue weighted by Gasteiger charge is 2.41. The predicted octanol–water partition coefficient (Wildman–Crippen LogP) is 5.89. The molecule has 2 atom stereocenters. The van der Waals surface area contributed by atoms with Crippen LogP contribution in [0.4, 0.5) is 5.69 Å². The van der Waals surface area contributed by atoms with Gasteiger partial charge in [-0.15, -0.1) is 0 Å². The molecule has 1 aliphatic rings. The molecule has 9 heteroatoms. The number of esters is 1. The average Bonchev–Trinajstić information content (AvgIpc) is 3.47. The van der Waals surface area contributed by atoms with Crippen molar-refractivity contribution in [3.8, 4) is 5.69 Å². The molecular formula is C33H35N5O3S. The lowest BCUT2D eigenvalue weighted by atomic mass is 9.96. The number of aromatic nitrogens is 2. The summed E-state index contributed by atoms with van der Waals surface area (Å²) in [4.78, 5) is 31.8. The van der Waals surface area contributed by atoms with E-state index in [-0.39, 0.29) is 30.4 Å². The van der Waals surface area contributed by atoms with Gasteiger partial charge >= 0.3 is 5.97 Å². The summed E-state index contributed by atoms with van der Waals surface area (Å²) >= 11 is 5.85. The molecular weight excluding hydrogens is 546 g/mol. The molecule has 0 aliphatic carbocycles. The Morgan fingerprint density at radius 1 is 1.02 bits per heavy atom. The fourth-order valence-electron chi connectivity index (χ4n) is 5.64. The Bertz CT molecular complexity index is 1630. The van der Waals surface area contributed by atoms with Crippen LogP contribution in [0, 0.1) is 27.7 Å². The number of hydrogen-bond donors (Lipinski definition) is 2. The molecule has 42 heavy (non-hydrogen) atoms. The van der Waals surface area contributed by atoms with Gasteiger partial charge in [-0.25, -0.2) is 4.79 Å². The molecule has 0 bridgehead atoms. The van der Waals surface area contributed by atoms with Crippen LogP contribution in [0.3, 0.4) is 0 Å². The summed E-state index contributed by atoms with van der Waals surface area (Å²) in [6, 6.07) is 21.0. The summed E-state index contributed by atoms with van der Waals surface area (Å²) in [7, 11) is 1.37. The molecule has 1 amide bonds. The van der Waals surface area contributed by atoms with Crippen LogP contribution in [-0.2, 0) is 9.53 Å². The number of ether oxygens (including phenoxy) is 1. The highest BCUT2D eigenvalue weighted by Crippen LogP contribution is 2.41. The molecule has 0 unspecified atom stereocenters. The molecule has 0 radical (unpaired) electrons. The fraction of sp³-hybridized carbons (Fsp3) is 0.273. The van der Waals surface area contributed by atoms with Gasteiger partial charge in [-0.3, -0.25) is 9.78 Å². The van der Waals surface area contributed by atoms with Crippen molar-refractivity contribution in [1.29, 1.82) is 0 Å². The molecule has 5 rings (SSSR count). The number of hydrogen-bond acceptors (Lipinski definition) is 5. The standard InChI is InChI=1S/C33H35N5O3S/c1-20-9-10-21(2)28(18-20)35-29(39)15-17-37-31(30(36-33(37)42)27-8-6-7-16-34-27)26-19-22(3)38(23(26)4)25-13-11-24(12-14-25)32(40)41-5/h6-14,16,18-19,30-31H,15,17H2,1-5H3,(H,35,39)(H,36,42)/t30-,31+/m0/s1. The van der Waals surface area contributed by atoms with E-state index < -0.39 is 0 Å². The van der Waals surface area contributed by atoms with Crippen molar-refractivity contribution < 1.29 is 14.3 Å². The van der Waals surface area contributed by atoms with Crippen LogP contribution in [-0.4, -0.2) is 45.1 Å². The molecule has 0 saturated carbocycles. The largest absolute Gasteiger partial charge is 0.465 e. The molecule has 8 nitrogen and oxygen atoms in total. The van der Waals surface area contributed by atoms with E-state index in [1.807, 2.05) is 62.4 Å². The summed E-state index contributed by atoms with van der Waals surface area (Å²) in [6.07, 6.45) is 2.05. The summed E-state index contributed by atoms with van der Waals surface area (Å²) in [5.74, 6) is -0.438. The van der Waals surface area contributed by atoms with Gasteiger partial charge in [-0.2, -0.15) is 0 Å². The Balaban J connectivity index is 1.46. The Labute approximate surface area is 251 Å². The molecule has 1 fully saturated rings. The van der Waals surface area contributed by atoms with Crippen LogP contribution in [0.25, 0.3) is 5.69 Å². The molecule has 2 aromatic carbocycles. The lowest BCUT2D eigenvalue weighted by Gasteiger charge is -2.28. The fourth-order valence-corrected chi connectivity index (χ4v) is 5.97. The topological polar surface area (TPSA) is 88.5 Å². The number of thiocarbonyl (C=S) groups is 1. The van der Waals surface area contributed by atoms with Gasteiger partial charge in [-0.05, 0) is 105 Å². The van der Waals surface area contributed by atoms with Gasteiger partial charge in [0.1, 0.15) is 0 Å². The van der Waals surface area contributed by atoms with E-state index in [2.05, 4.69) is 45.0 Å². The van der Waals surface area contributed by atoms with E-state index >= 15 is 0 Å². The van der Waals surface area contributed by atoms with Crippen LogP contribution in [0.5, 0.6) is 0 Å². The number of carbonyl (C=O) groups excluding carboxylic acids is 2. The number of nitrogens with zero attached hydrogens (tertiary/aromatic N) is 3. The number of methoxy groups -OCH3 is 1. The van der Waals surface area contributed by atoms with E-state index in [4.69, 9.17) is 17.0 Å². The second kappa shape index (κ2) is 12.2. The molecule has 4 aromatic rings. The van der Waals surface area contributed by atoms with Crippen LogP contribution in [0.15, 0.2) is 72.9 Å². The van der Waals surface area contributed by atoms with Crippen molar-refractivity contribution >= 4 is 34.9 Å². The van der Waals surface area contributed by atoms with Gasteiger partial charge in [0.2, 0.25) is 5.91 Å². The number of rotatable bonds is 8. The zero-order valence-electron chi connectivity index (χ0n) is 24.5. The molecule has 2 aromatic heterocycles. The van der Waals surface area contributed by atoms with E-state index in [1.165, 1.54) is 7.11 Å². The first-order valence-corrected chi connectivity index (χ1v) is 14.3. The molecule has 0 spiro atoms. The second-order valence-electron chi connectivity index (χ2n) is 10.6. The molecule has 1 saturated heterocycles. The summed E-state index contributed by atoms with van der Waals surface area (Å²) in [6.45, 7) is 8.58. The van der Waals surface area contributed by atoms with Crippen molar-refractivity contribution in [1.82, 2.24) is 19.8 Å². The lowest BCUT2D eigenvalue weighted by Crippen LogP contribution is -2.33. The number of pyridine rings is 1. The molecule has 216 valence electrons. The molecule has 3 heterocycles. The Hall–Kier alpha value is -4.50. The van der Waals surface area contributed by atoms with Gasteiger partial charge in [-0.1, -0.05) is 18.2 Å². The van der Waals surface area contributed by atoms with E-state index in [0.717, 1.165) is 45.1 Å². The van der Waals surface area contributed by atoms with Crippen molar-refractivity contribution in [3.63, 3.8) is 0 Å². The number of benzene rings is 2. The maximum atomic E-state index is 13.1. The highest BCUT2D eigenvalue weighted by atomic mass is 32.1. The maximum absolute atomic E-state index is 13.1. The minimum atomic E-state index is -0.371. The smallest absolute Gasteiger partial charge is 0.337 e. The zero-order valence-corrected chi connectivity index (χ0v) is 25.3. The summed E-state index contributed by atoms with van der Waals surface area (Å²) in [5, 5.41) is 7.14. The highest BCUT2D eigenvalue weighted by molar-refractivity contribution is 7.80. The SMILES string of the molecule is COC(=O)c1ccc(-n2c(C)cc([C@@H]3[C@H](c4ccccn4)NC(=S)N3CCC(=O)Nc3cc(C)ccc3C)c2C)cc1. The minimum absolute atomic E-state index is 0.0669. The van der Waals surface area contributed by atoms with Gasteiger partial charge in [0.05, 0.1) is 30.5 Å². The average molecular weight is 582 g/mol. The maximum Gasteiger partial charge on any atom is 0.337 e. The Kier molecular flexibility index (Phi) is 8.40. The van der Waals surface area contributed by atoms with Crippen molar-refractivity contribution in [2.24, 2.45) is 0 Å². The third-order valence-corrected chi connectivity index (χ3v) is 8.13. The van der Waals surface area contributed by atoms with Crippen LogP contribution in [0.2, 0.25) is 0 Å². The van der Waals surface area contributed by atoms with Crippen molar-refractivity contribution in [2.45, 2.75) is 46.2 Å². The first-order valence-electron chi connectivity index (χ1n) is 13.9. The quantitative estimate of drug-likeness (QED) is 0.198. The second-order valence-corrected chi connectivity index (χ2v) is 11.0. The van der Waals surface area contributed by atoms with Gasteiger partial charge < -0.3 is 24.8 Å². The van der Waals surface area contributed by atoms with E-state index in [1.54, 1.807) is 18.3 Å². The van der Waals surface area contributed by atoms with E-state index in [0.29, 0.717) is 17.2 Å². The number of anilines is 1. The van der Waals surface area contributed by atoms with Crippen molar-refractivity contribution in [2.75, 3.05) is 19.0 Å². The Morgan fingerprint density at radius 2 is 1.79 bits per heavy atom. The minimum Gasteiger partial charge on any atom is -0.465 e. The zero-order chi connectivity index (χ0) is 30.0. The normalized spacial score (nSPS) is 16.3. The summed E-state index contributed by atoms with van der Waals surface area (Å²) < 4.78 is 7.02. The van der Waals surface area contributed by atoms with Crippen molar-refractivity contribution in [3.05, 3.63) is 112 Å². The Morgan fingerprint density at radius 3 is 2.48 bits per heavy atom. The van der Waals surface area contributed by atoms with E-state index in [9.17, 15) is 9.59 Å². The molecule has 2 N–H and O–H groups in total. The van der Waals surface area contributed by atoms with Crippen LogP contribution < -0.4 is 10.6 Å². The third-order valence-electron chi connectivity index (χ3n) is 7.78. The predicted molar refractivity (Wildman–Crippen MR) is 168 cm³/mol. The van der Waals surface area contributed by atoms with Gasteiger partial charge in [0.15, 0.2) is 5.11 Å². The number of carbonyl (C=O) groups is 2. The van der Waals surface area contributed by atoms with Gasteiger partial charge in [0.25, 0.3) is 0 Å². The number of nitrogens with one attached hydrogen (secondary N) is 2.